The number of rotatable bonds is 5. The third-order valence-electron chi connectivity index (χ3n) is 2.79. The number of nitrogen functional groups attached to an aromatic ring is 1. The van der Waals surface area contributed by atoms with E-state index in [1.165, 1.54) is 6.07 Å². The van der Waals surface area contributed by atoms with Crippen LogP contribution in [0.1, 0.15) is 32.8 Å². The van der Waals surface area contributed by atoms with Crippen molar-refractivity contribution in [3.05, 3.63) is 22.7 Å². The number of aryl methyl sites for hydroxylation is 1. The van der Waals surface area contributed by atoms with E-state index >= 15 is 0 Å². The summed E-state index contributed by atoms with van der Waals surface area (Å²) < 4.78 is 27.1. The summed E-state index contributed by atoms with van der Waals surface area (Å²) in [6, 6.07) is 2.82. The summed E-state index contributed by atoms with van der Waals surface area (Å²) in [7, 11) is -3.64. The Bertz CT molecular complexity index is 556. The molecule has 0 saturated heterocycles. The molecule has 1 atom stereocenters. The molecule has 0 bridgehead atoms. The molecule has 3 N–H and O–H groups in total. The number of halogens is 1. The predicted octanol–water partition coefficient (Wildman–Crippen LogP) is 2.94. The topological polar surface area (TPSA) is 72.2 Å². The third-order valence-corrected chi connectivity index (χ3v) is 4.85. The first-order valence-electron chi connectivity index (χ1n) is 6.21. The van der Waals surface area contributed by atoms with E-state index in [0.29, 0.717) is 11.6 Å². The Labute approximate surface area is 120 Å². The van der Waals surface area contributed by atoms with Gasteiger partial charge in [0.1, 0.15) is 4.90 Å². The Morgan fingerprint density at radius 2 is 1.89 bits per heavy atom. The molecule has 108 valence electrons. The summed E-state index contributed by atoms with van der Waals surface area (Å²) in [5.41, 5.74) is 6.93. The Hall–Kier alpha value is -0.780. The van der Waals surface area contributed by atoms with E-state index in [1.54, 1.807) is 13.0 Å². The van der Waals surface area contributed by atoms with Crippen LogP contribution in [0.2, 0.25) is 5.02 Å². The molecule has 6 heteroatoms. The number of hydrogen-bond acceptors (Lipinski definition) is 3. The minimum atomic E-state index is -3.64. The van der Waals surface area contributed by atoms with Gasteiger partial charge in [-0.25, -0.2) is 13.1 Å². The highest BCUT2D eigenvalue weighted by atomic mass is 35.5. The van der Waals surface area contributed by atoms with Gasteiger partial charge in [-0.1, -0.05) is 25.4 Å². The summed E-state index contributed by atoms with van der Waals surface area (Å²) in [6.45, 7) is 7.71. The maximum absolute atomic E-state index is 12.3. The maximum Gasteiger partial charge on any atom is 0.242 e. The van der Waals surface area contributed by atoms with Crippen LogP contribution in [-0.4, -0.2) is 14.5 Å². The fraction of sp³-hybridized carbons (Fsp3) is 0.538. The highest BCUT2D eigenvalue weighted by molar-refractivity contribution is 7.89. The first-order chi connectivity index (χ1) is 8.63. The van der Waals surface area contributed by atoms with Gasteiger partial charge in [0.2, 0.25) is 10.0 Å². The van der Waals surface area contributed by atoms with Crippen LogP contribution in [0.15, 0.2) is 17.0 Å². The first-order valence-corrected chi connectivity index (χ1v) is 8.07. The van der Waals surface area contributed by atoms with Crippen molar-refractivity contribution >= 4 is 27.3 Å². The molecule has 4 nitrogen and oxygen atoms in total. The van der Waals surface area contributed by atoms with Gasteiger partial charge in [0.05, 0.1) is 5.02 Å². The fourth-order valence-corrected chi connectivity index (χ4v) is 3.83. The Balaban J connectivity index is 3.04. The van der Waals surface area contributed by atoms with Crippen LogP contribution < -0.4 is 10.5 Å². The monoisotopic (exact) mass is 304 g/mol. The molecule has 0 aromatic heterocycles. The lowest BCUT2D eigenvalue weighted by Crippen LogP contribution is -2.33. The molecule has 0 spiro atoms. The van der Waals surface area contributed by atoms with Crippen molar-refractivity contribution in [1.82, 2.24) is 4.72 Å². The molecule has 0 fully saturated rings. The first kappa shape index (κ1) is 16.3. The van der Waals surface area contributed by atoms with Gasteiger partial charge in [0.15, 0.2) is 0 Å². The lowest BCUT2D eigenvalue weighted by atomic mass is 10.1. The van der Waals surface area contributed by atoms with Gasteiger partial charge in [-0.05, 0) is 43.9 Å². The molecule has 0 amide bonds. The quantitative estimate of drug-likeness (QED) is 0.822. The summed E-state index contributed by atoms with van der Waals surface area (Å²) in [4.78, 5) is 0.0351. The van der Waals surface area contributed by atoms with Gasteiger partial charge < -0.3 is 5.73 Å². The lowest BCUT2D eigenvalue weighted by molar-refractivity contribution is 0.482. The second-order valence-electron chi connectivity index (χ2n) is 5.29. The number of sulfonamides is 1. The van der Waals surface area contributed by atoms with E-state index in [0.717, 1.165) is 12.0 Å². The molecule has 0 aliphatic heterocycles. The molecule has 1 unspecified atom stereocenters. The van der Waals surface area contributed by atoms with Crippen molar-refractivity contribution in [3.63, 3.8) is 0 Å². The molecule has 1 aromatic carbocycles. The Kier molecular flexibility index (Phi) is 5.24. The lowest BCUT2D eigenvalue weighted by Gasteiger charge is -2.17. The minimum absolute atomic E-state index is 0.0351. The van der Waals surface area contributed by atoms with Crippen LogP contribution in [0.4, 0.5) is 5.69 Å². The van der Waals surface area contributed by atoms with Crippen LogP contribution in [0, 0.1) is 12.8 Å². The van der Waals surface area contributed by atoms with Crippen molar-refractivity contribution in [2.45, 2.75) is 45.1 Å². The van der Waals surface area contributed by atoms with Crippen molar-refractivity contribution in [2.75, 3.05) is 5.73 Å². The van der Waals surface area contributed by atoms with Crippen molar-refractivity contribution in [1.29, 1.82) is 0 Å². The van der Waals surface area contributed by atoms with E-state index in [9.17, 15) is 8.42 Å². The van der Waals surface area contributed by atoms with Crippen LogP contribution in [0.3, 0.4) is 0 Å². The Morgan fingerprint density at radius 1 is 1.32 bits per heavy atom. The van der Waals surface area contributed by atoms with Gasteiger partial charge in [-0.2, -0.15) is 0 Å². The maximum atomic E-state index is 12.3. The SMILES string of the molecule is Cc1cc(Cl)c(S(=O)(=O)NC(C)CC(C)C)cc1N. The standard InChI is InChI=1S/C13H21ClN2O2S/c1-8(2)5-10(4)16-19(17,18)13-7-12(15)9(3)6-11(13)14/h6-8,10,16H,5,15H2,1-4H3. The number of anilines is 1. The van der Waals surface area contributed by atoms with Gasteiger partial charge >= 0.3 is 0 Å². The van der Waals surface area contributed by atoms with E-state index < -0.39 is 10.0 Å². The van der Waals surface area contributed by atoms with Crippen molar-refractivity contribution < 1.29 is 8.42 Å². The van der Waals surface area contributed by atoms with Gasteiger partial charge in [0.25, 0.3) is 0 Å². The fourth-order valence-electron chi connectivity index (χ4n) is 1.96. The zero-order valence-corrected chi connectivity index (χ0v) is 13.3. The van der Waals surface area contributed by atoms with Crippen molar-refractivity contribution in [2.24, 2.45) is 5.92 Å². The summed E-state index contributed by atoms with van der Waals surface area (Å²) in [5, 5.41) is 0.191. The van der Waals surface area contributed by atoms with Gasteiger partial charge in [0, 0.05) is 11.7 Å². The second-order valence-corrected chi connectivity index (χ2v) is 7.38. The van der Waals surface area contributed by atoms with E-state index in [2.05, 4.69) is 4.72 Å². The second kappa shape index (κ2) is 6.11. The van der Waals surface area contributed by atoms with Crippen LogP contribution in [0.5, 0.6) is 0 Å². The van der Waals surface area contributed by atoms with E-state index in [4.69, 9.17) is 17.3 Å². The summed E-state index contributed by atoms with van der Waals surface area (Å²) in [5.74, 6) is 0.413. The molecule has 1 rings (SSSR count). The average molecular weight is 305 g/mol. The molecule has 1 aromatic rings. The zero-order valence-electron chi connectivity index (χ0n) is 11.7. The molecule has 0 aliphatic rings. The predicted molar refractivity (Wildman–Crippen MR) is 79.8 cm³/mol. The molecular weight excluding hydrogens is 284 g/mol. The van der Waals surface area contributed by atoms with Gasteiger partial charge in [-0.3, -0.25) is 0 Å². The van der Waals surface area contributed by atoms with Gasteiger partial charge in [-0.15, -0.1) is 0 Å². The highest BCUT2D eigenvalue weighted by Gasteiger charge is 2.21. The average Bonchev–Trinajstić information content (AvgIpc) is 2.20. The summed E-state index contributed by atoms with van der Waals surface area (Å²) >= 11 is 6.00. The van der Waals surface area contributed by atoms with Crippen LogP contribution in [0.25, 0.3) is 0 Å². The zero-order chi connectivity index (χ0) is 14.8. The van der Waals surface area contributed by atoms with Crippen LogP contribution >= 0.6 is 11.6 Å². The smallest absolute Gasteiger partial charge is 0.242 e. The number of benzene rings is 1. The van der Waals surface area contributed by atoms with E-state index in [1.807, 2.05) is 20.8 Å². The van der Waals surface area contributed by atoms with Crippen LogP contribution in [-0.2, 0) is 10.0 Å². The number of hydrogen-bond donors (Lipinski definition) is 2. The highest BCUT2D eigenvalue weighted by Crippen LogP contribution is 2.27. The molecule has 19 heavy (non-hydrogen) atoms. The number of nitrogens with one attached hydrogen (secondary N) is 1. The minimum Gasteiger partial charge on any atom is -0.398 e. The molecule has 0 heterocycles. The number of nitrogens with two attached hydrogens (primary N) is 1. The molecule has 0 saturated carbocycles. The summed E-state index contributed by atoms with van der Waals surface area (Å²) in [6.07, 6.45) is 0.762. The molecular formula is C13H21ClN2O2S. The van der Waals surface area contributed by atoms with E-state index in [-0.39, 0.29) is 16.0 Å². The van der Waals surface area contributed by atoms with Crippen molar-refractivity contribution in [3.8, 4) is 0 Å². The largest absolute Gasteiger partial charge is 0.398 e. The third kappa shape index (κ3) is 4.37. The molecule has 0 radical (unpaired) electrons. The Morgan fingerprint density at radius 3 is 2.42 bits per heavy atom. The normalized spacial score (nSPS) is 13.8. The molecule has 0 aliphatic carbocycles.